The van der Waals surface area contributed by atoms with E-state index in [2.05, 4.69) is 270 Å². The summed E-state index contributed by atoms with van der Waals surface area (Å²) in [5, 5.41) is 5.15. The number of hydrogen-bond donors (Lipinski definition) is 0. The Labute approximate surface area is 428 Å². The highest BCUT2D eigenvalue weighted by atomic mass is 15.2. The molecule has 12 aromatic rings. The Bertz CT molecular complexity index is 3970. The molecule has 2 aliphatic rings. The zero-order valence-electron chi connectivity index (χ0n) is 40.8. The Balaban J connectivity index is 1.07. The average molecular weight is 935 g/mol. The molecule has 2 heteroatoms. The van der Waals surface area contributed by atoms with Crippen molar-refractivity contribution < 1.29 is 0 Å². The van der Waals surface area contributed by atoms with Gasteiger partial charge in [-0.2, -0.15) is 0 Å². The Morgan fingerprint density at radius 3 is 1.68 bits per heavy atom. The van der Waals surface area contributed by atoms with Crippen LogP contribution >= 0.6 is 0 Å². The van der Waals surface area contributed by atoms with Gasteiger partial charge in [0.2, 0.25) is 0 Å². The van der Waals surface area contributed by atoms with Crippen LogP contribution in [0.5, 0.6) is 0 Å². The van der Waals surface area contributed by atoms with Crippen molar-refractivity contribution in [3.8, 4) is 39.1 Å². The molecule has 0 radical (unpaired) electrons. The molecule has 11 aromatic carbocycles. The molecule has 2 nitrogen and oxygen atoms in total. The molecule has 0 unspecified atom stereocenters. The van der Waals surface area contributed by atoms with E-state index in [4.69, 9.17) is 0 Å². The van der Waals surface area contributed by atoms with E-state index in [1.165, 1.54) is 120 Å². The normalized spacial score (nSPS) is 14.1. The third kappa shape index (κ3) is 6.85. The van der Waals surface area contributed by atoms with Gasteiger partial charge in [0, 0.05) is 33.2 Å². The second-order valence-corrected chi connectivity index (χ2v) is 20.1. The van der Waals surface area contributed by atoms with Gasteiger partial charge in [-0.15, -0.1) is 0 Å². The van der Waals surface area contributed by atoms with Crippen LogP contribution in [0.15, 0.2) is 261 Å². The van der Waals surface area contributed by atoms with Crippen LogP contribution in [-0.2, 0) is 5.41 Å². The molecule has 0 spiro atoms. The summed E-state index contributed by atoms with van der Waals surface area (Å²) in [6.45, 7) is 0. The first kappa shape index (κ1) is 43.1. The van der Waals surface area contributed by atoms with Crippen LogP contribution in [0.25, 0.3) is 71.6 Å². The van der Waals surface area contributed by atoms with Crippen molar-refractivity contribution in [2.24, 2.45) is 0 Å². The maximum atomic E-state index is 2.62. The van der Waals surface area contributed by atoms with E-state index < -0.39 is 5.41 Å². The number of anilines is 3. The predicted molar refractivity (Wildman–Crippen MR) is 307 cm³/mol. The molecule has 0 bridgehead atoms. The van der Waals surface area contributed by atoms with Crippen LogP contribution in [0.2, 0.25) is 0 Å². The summed E-state index contributed by atoms with van der Waals surface area (Å²) in [6.07, 6.45) is 6.38. The van der Waals surface area contributed by atoms with Crippen LogP contribution in [0.1, 0.15) is 65.8 Å². The number of hydrogen-bond acceptors (Lipinski definition) is 1. The maximum Gasteiger partial charge on any atom is 0.0714 e. The quantitative estimate of drug-likeness (QED) is 0.140. The molecular weight excluding hydrogens is 881 g/mol. The Morgan fingerprint density at radius 2 is 0.932 bits per heavy atom. The molecule has 0 saturated heterocycles. The van der Waals surface area contributed by atoms with Crippen molar-refractivity contribution in [2.75, 3.05) is 4.90 Å². The molecule has 1 fully saturated rings. The number of nitrogens with zero attached hydrogens (tertiary/aromatic N) is 2. The monoisotopic (exact) mass is 934 g/mol. The SMILES string of the molecule is c1ccc(-n2c3ccccc3c3cc(-c4ccccc4N(c4ccccc4-c4cccc5cccc(C6CCCCC6)c45)c4cccc5c4-c4ccccc4C5(c4ccccc4)c4ccccc4)ccc32)cc1. The fourth-order valence-electron chi connectivity index (χ4n) is 13.2. The molecule has 1 aromatic heterocycles. The molecule has 0 atom stereocenters. The second-order valence-electron chi connectivity index (χ2n) is 20.1. The smallest absolute Gasteiger partial charge is 0.0714 e. The molecule has 73 heavy (non-hydrogen) atoms. The molecule has 1 saturated carbocycles. The number of para-hydroxylation sites is 4. The van der Waals surface area contributed by atoms with Crippen molar-refractivity contribution in [1.29, 1.82) is 0 Å². The molecule has 14 rings (SSSR count). The average Bonchev–Trinajstić information content (AvgIpc) is 3.97. The van der Waals surface area contributed by atoms with Gasteiger partial charge in [-0.05, 0) is 123 Å². The fraction of sp³-hybridized carbons (Fsp3) is 0.0986. The van der Waals surface area contributed by atoms with E-state index in [1.807, 2.05) is 0 Å². The molecule has 2 aliphatic carbocycles. The van der Waals surface area contributed by atoms with Gasteiger partial charge < -0.3 is 9.47 Å². The topological polar surface area (TPSA) is 8.17 Å². The van der Waals surface area contributed by atoms with Crippen LogP contribution in [0.3, 0.4) is 0 Å². The summed E-state index contributed by atoms with van der Waals surface area (Å²) in [5.41, 5.74) is 20.3. The molecule has 348 valence electrons. The summed E-state index contributed by atoms with van der Waals surface area (Å²) in [4.78, 5) is 2.62. The third-order valence-electron chi connectivity index (χ3n) is 16.3. The number of benzene rings is 11. The highest BCUT2D eigenvalue weighted by molar-refractivity contribution is 6.12. The van der Waals surface area contributed by atoms with Gasteiger partial charge in [0.1, 0.15) is 0 Å². The zero-order chi connectivity index (χ0) is 48.3. The van der Waals surface area contributed by atoms with E-state index in [0.717, 1.165) is 28.3 Å². The summed E-state index contributed by atoms with van der Waals surface area (Å²) in [6, 6.07) is 97.7. The first-order chi connectivity index (χ1) is 36.3. The number of aromatic nitrogens is 1. The minimum atomic E-state index is -0.558. The van der Waals surface area contributed by atoms with Crippen LogP contribution in [-0.4, -0.2) is 4.57 Å². The van der Waals surface area contributed by atoms with Crippen molar-refractivity contribution in [1.82, 2.24) is 4.57 Å². The van der Waals surface area contributed by atoms with Crippen molar-refractivity contribution in [3.05, 3.63) is 289 Å². The fourth-order valence-corrected chi connectivity index (χ4v) is 13.2. The first-order valence-corrected chi connectivity index (χ1v) is 26.2. The number of rotatable bonds is 9. The van der Waals surface area contributed by atoms with Gasteiger partial charge in [-0.1, -0.05) is 232 Å². The Hall–Kier alpha value is -8.72. The highest BCUT2D eigenvalue weighted by Gasteiger charge is 2.47. The molecule has 0 amide bonds. The largest absolute Gasteiger partial charge is 0.309 e. The zero-order valence-corrected chi connectivity index (χ0v) is 40.8. The second kappa shape index (κ2) is 17.8. The summed E-state index contributed by atoms with van der Waals surface area (Å²) >= 11 is 0. The van der Waals surface area contributed by atoms with E-state index in [-0.39, 0.29) is 0 Å². The van der Waals surface area contributed by atoms with E-state index in [0.29, 0.717) is 5.92 Å². The standard InChI is InChI=1S/C71H54N2/c1-5-24-49(25-6-1)56-38-21-26-50-27-22-39-59(69(50)56)57-35-15-20-44-66(57)73(64-42-18-14-34-55(64)51-46-47-67-61(48-51)58-36-16-19-43-65(58)72(67)54-32-11-4-12-33-54)68-45-23-41-63-70(68)60-37-13-17-40-62(60)71(63,52-28-7-2-8-29-52)53-30-9-3-10-31-53/h2-4,7-23,26-49H,1,5-6,24-25H2. The lowest BCUT2D eigenvalue weighted by Crippen LogP contribution is -2.28. The van der Waals surface area contributed by atoms with Gasteiger partial charge >= 0.3 is 0 Å². The first-order valence-electron chi connectivity index (χ1n) is 26.2. The number of fused-ring (bicyclic) bond motifs is 7. The van der Waals surface area contributed by atoms with Gasteiger partial charge in [0.05, 0.1) is 33.5 Å². The Morgan fingerprint density at radius 1 is 0.384 bits per heavy atom. The molecule has 0 aliphatic heterocycles. The minimum Gasteiger partial charge on any atom is -0.309 e. The highest BCUT2D eigenvalue weighted by Crippen LogP contribution is 2.60. The van der Waals surface area contributed by atoms with Crippen LogP contribution in [0, 0.1) is 0 Å². The lowest BCUT2D eigenvalue weighted by Gasteiger charge is -2.35. The molecule has 0 N–H and O–H groups in total. The Kier molecular flexibility index (Phi) is 10.5. The van der Waals surface area contributed by atoms with Crippen LogP contribution in [0.4, 0.5) is 17.1 Å². The summed E-state index contributed by atoms with van der Waals surface area (Å²) < 4.78 is 2.41. The van der Waals surface area contributed by atoms with E-state index in [9.17, 15) is 0 Å². The minimum absolute atomic E-state index is 0.545. The lowest BCUT2D eigenvalue weighted by molar-refractivity contribution is 0.445. The van der Waals surface area contributed by atoms with Gasteiger partial charge in [0.25, 0.3) is 0 Å². The summed E-state index contributed by atoms with van der Waals surface area (Å²) in [5.74, 6) is 0.545. The van der Waals surface area contributed by atoms with Crippen LogP contribution < -0.4 is 4.90 Å². The predicted octanol–water partition coefficient (Wildman–Crippen LogP) is 19.2. The van der Waals surface area contributed by atoms with Crippen molar-refractivity contribution in [3.63, 3.8) is 0 Å². The van der Waals surface area contributed by atoms with Gasteiger partial charge in [-0.25, -0.2) is 0 Å². The van der Waals surface area contributed by atoms with Crippen molar-refractivity contribution in [2.45, 2.75) is 43.4 Å². The lowest BCUT2D eigenvalue weighted by atomic mass is 9.68. The van der Waals surface area contributed by atoms with Crippen molar-refractivity contribution >= 4 is 49.6 Å². The van der Waals surface area contributed by atoms with Gasteiger partial charge in [-0.3, -0.25) is 0 Å². The van der Waals surface area contributed by atoms with Gasteiger partial charge in [0.15, 0.2) is 0 Å². The molecular formula is C71H54N2. The van der Waals surface area contributed by atoms with E-state index in [1.54, 1.807) is 0 Å². The molecule has 1 heterocycles. The van der Waals surface area contributed by atoms with E-state index >= 15 is 0 Å². The summed E-state index contributed by atoms with van der Waals surface area (Å²) in [7, 11) is 0. The maximum absolute atomic E-state index is 2.62. The third-order valence-corrected chi connectivity index (χ3v) is 16.3.